The van der Waals surface area contributed by atoms with Gasteiger partial charge in [0.05, 0.1) is 17.3 Å². The Balaban J connectivity index is 2.37. The number of allylic oxidation sites excluding steroid dienone is 1. The van der Waals surface area contributed by atoms with Crippen molar-refractivity contribution in [2.75, 3.05) is 0 Å². The molecule has 0 aromatic carbocycles. The van der Waals surface area contributed by atoms with E-state index < -0.39 is 5.92 Å². The van der Waals surface area contributed by atoms with Crippen LogP contribution in [0.2, 0.25) is 5.28 Å². The molecule has 0 radical (unpaired) electrons. The van der Waals surface area contributed by atoms with Crippen LogP contribution in [0.25, 0.3) is 5.70 Å². The van der Waals surface area contributed by atoms with E-state index in [0.29, 0.717) is 36.2 Å². The van der Waals surface area contributed by atoms with Gasteiger partial charge >= 0.3 is 0 Å². The molecule has 1 aliphatic rings. The van der Waals surface area contributed by atoms with E-state index in [-0.39, 0.29) is 16.9 Å². The van der Waals surface area contributed by atoms with Gasteiger partial charge in [0.15, 0.2) is 5.78 Å². The third-order valence-corrected chi connectivity index (χ3v) is 4.08. The van der Waals surface area contributed by atoms with Crippen molar-refractivity contribution in [3.05, 3.63) is 28.8 Å². The van der Waals surface area contributed by atoms with Crippen LogP contribution < -0.4 is 5.73 Å². The third-order valence-electron chi connectivity index (χ3n) is 3.90. The number of Topliss-reactive ketones (excluding diaryl/α,β-unsaturated/α-hetero) is 2. The summed E-state index contributed by atoms with van der Waals surface area (Å²) in [5.74, 6) is -0.677. The lowest BCUT2D eigenvalue weighted by Crippen LogP contribution is -2.29. The molecule has 0 saturated heterocycles. The van der Waals surface area contributed by atoms with Crippen molar-refractivity contribution in [2.45, 2.75) is 45.4 Å². The van der Waals surface area contributed by atoms with Crippen LogP contribution in [0.1, 0.15) is 51.1 Å². The quantitative estimate of drug-likeness (QED) is 0.512. The van der Waals surface area contributed by atoms with E-state index in [1.165, 1.54) is 6.20 Å². The molecule has 0 amide bonds. The second-order valence-electron chi connectivity index (χ2n) is 5.48. The number of rotatable bonds is 5. The van der Waals surface area contributed by atoms with Crippen LogP contribution in [0.3, 0.4) is 0 Å². The maximum atomic E-state index is 12.8. The van der Waals surface area contributed by atoms with E-state index >= 15 is 0 Å². The highest BCUT2D eigenvalue weighted by molar-refractivity contribution is 6.28. The van der Waals surface area contributed by atoms with Crippen LogP contribution in [-0.4, -0.2) is 21.5 Å². The molecule has 2 N–H and O–H groups in total. The Labute approximate surface area is 135 Å². The van der Waals surface area contributed by atoms with Gasteiger partial charge in [-0.3, -0.25) is 9.59 Å². The summed E-state index contributed by atoms with van der Waals surface area (Å²) < 4.78 is 0. The predicted molar refractivity (Wildman–Crippen MR) is 85.0 cm³/mol. The van der Waals surface area contributed by atoms with Crippen LogP contribution in [0.5, 0.6) is 0 Å². The molecule has 2 rings (SSSR count). The lowest BCUT2D eigenvalue weighted by Gasteiger charge is -2.21. The number of nitrogens with zero attached hydrogens (tertiary/aromatic N) is 2. The van der Waals surface area contributed by atoms with Crippen molar-refractivity contribution in [3.8, 4) is 0 Å². The summed E-state index contributed by atoms with van der Waals surface area (Å²) in [7, 11) is 0. The number of hydrogen-bond donors (Lipinski definition) is 1. The van der Waals surface area contributed by atoms with Crippen LogP contribution in [-0.2, 0) is 9.59 Å². The summed E-state index contributed by atoms with van der Waals surface area (Å²) in [4.78, 5) is 32.7. The number of carbonyl (C=O) groups is 2. The first-order valence-corrected chi connectivity index (χ1v) is 7.96. The van der Waals surface area contributed by atoms with Crippen LogP contribution in [0.15, 0.2) is 17.8 Å². The normalized spacial score (nSPS) is 19.7. The Morgan fingerprint density at radius 1 is 1.45 bits per heavy atom. The molecule has 1 aromatic rings. The average molecular weight is 322 g/mol. The molecule has 1 atom stereocenters. The summed E-state index contributed by atoms with van der Waals surface area (Å²) in [5.41, 5.74) is 7.36. The molecule has 1 aromatic heterocycles. The average Bonchev–Trinajstić information content (AvgIpc) is 2.52. The van der Waals surface area contributed by atoms with Crippen LogP contribution in [0, 0.1) is 5.92 Å². The molecule has 1 saturated carbocycles. The number of aromatic nitrogens is 2. The lowest BCUT2D eigenvalue weighted by atomic mass is 9.81. The first-order chi connectivity index (χ1) is 10.5. The first-order valence-electron chi connectivity index (χ1n) is 7.59. The molecule has 0 unspecified atom stereocenters. The minimum Gasteiger partial charge on any atom is -0.397 e. The summed E-state index contributed by atoms with van der Waals surface area (Å²) in [6.45, 7) is 1.97. The zero-order chi connectivity index (χ0) is 16.1. The summed E-state index contributed by atoms with van der Waals surface area (Å²) >= 11 is 5.78. The fraction of sp³-hybridized carbons (Fsp3) is 0.500. The maximum Gasteiger partial charge on any atom is 0.222 e. The first kappa shape index (κ1) is 16.6. The highest BCUT2D eigenvalue weighted by atomic mass is 35.5. The zero-order valence-corrected chi connectivity index (χ0v) is 13.4. The Morgan fingerprint density at radius 2 is 2.23 bits per heavy atom. The topological polar surface area (TPSA) is 85.9 Å². The van der Waals surface area contributed by atoms with Crippen LogP contribution >= 0.6 is 11.6 Å². The van der Waals surface area contributed by atoms with E-state index in [2.05, 4.69) is 9.97 Å². The van der Waals surface area contributed by atoms with Crippen molar-refractivity contribution in [3.63, 3.8) is 0 Å². The number of ketones is 2. The molecule has 5 nitrogen and oxygen atoms in total. The summed E-state index contributed by atoms with van der Waals surface area (Å²) in [6, 6.07) is 1.62. The molecule has 1 fully saturated rings. The Bertz CT molecular complexity index is 613. The number of nitrogens with two attached hydrogens (primary N) is 1. The third kappa shape index (κ3) is 3.71. The van der Waals surface area contributed by atoms with Gasteiger partial charge in [0.2, 0.25) is 5.28 Å². The van der Waals surface area contributed by atoms with E-state index in [4.69, 9.17) is 17.3 Å². The fourth-order valence-corrected chi connectivity index (χ4v) is 2.90. The number of carbonyl (C=O) groups excluding carboxylic acids is 2. The minimum absolute atomic E-state index is 0.0263. The monoisotopic (exact) mass is 321 g/mol. The minimum atomic E-state index is -0.550. The van der Waals surface area contributed by atoms with Crippen molar-refractivity contribution in [1.82, 2.24) is 9.97 Å². The lowest BCUT2D eigenvalue weighted by molar-refractivity contribution is -0.132. The SMILES string of the molecule is CCCC(C(=O)[C@H]1CCCCC1=O)=C(N)c1ccnc(Cl)n1. The Kier molecular flexibility index (Phi) is 5.66. The molecule has 0 bridgehead atoms. The second-order valence-corrected chi connectivity index (χ2v) is 5.82. The highest BCUT2D eigenvalue weighted by Gasteiger charge is 2.31. The molecule has 1 aliphatic carbocycles. The molecular formula is C16H20ClN3O2. The molecule has 0 aliphatic heterocycles. The summed E-state index contributed by atoms with van der Waals surface area (Å²) in [6.07, 6.45) is 5.65. The van der Waals surface area contributed by atoms with Gasteiger partial charge < -0.3 is 5.73 Å². The molecular weight excluding hydrogens is 302 g/mol. The van der Waals surface area contributed by atoms with E-state index in [9.17, 15) is 9.59 Å². The predicted octanol–water partition coefficient (Wildman–Crippen LogP) is 2.93. The molecule has 118 valence electrons. The summed E-state index contributed by atoms with van der Waals surface area (Å²) in [5, 5.41) is 0.0810. The van der Waals surface area contributed by atoms with Gasteiger partial charge in [-0.1, -0.05) is 19.8 Å². The van der Waals surface area contributed by atoms with Crippen molar-refractivity contribution < 1.29 is 9.59 Å². The van der Waals surface area contributed by atoms with Gasteiger partial charge in [-0.25, -0.2) is 9.97 Å². The zero-order valence-electron chi connectivity index (χ0n) is 12.6. The van der Waals surface area contributed by atoms with Gasteiger partial charge in [0, 0.05) is 18.2 Å². The van der Waals surface area contributed by atoms with Gasteiger partial charge in [0.1, 0.15) is 5.78 Å². The van der Waals surface area contributed by atoms with Crippen LogP contribution in [0.4, 0.5) is 0 Å². The highest BCUT2D eigenvalue weighted by Crippen LogP contribution is 2.27. The number of halogens is 1. The van der Waals surface area contributed by atoms with Gasteiger partial charge in [-0.15, -0.1) is 0 Å². The van der Waals surface area contributed by atoms with Gasteiger partial charge in [0.25, 0.3) is 0 Å². The molecule has 22 heavy (non-hydrogen) atoms. The van der Waals surface area contributed by atoms with Gasteiger partial charge in [-0.2, -0.15) is 0 Å². The van der Waals surface area contributed by atoms with E-state index in [1.54, 1.807) is 6.07 Å². The molecule has 1 heterocycles. The van der Waals surface area contributed by atoms with E-state index in [0.717, 1.165) is 19.3 Å². The smallest absolute Gasteiger partial charge is 0.222 e. The Morgan fingerprint density at radius 3 is 2.86 bits per heavy atom. The second kappa shape index (κ2) is 7.49. The number of hydrogen-bond acceptors (Lipinski definition) is 5. The van der Waals surface area contributed by atoms with Gasteiger partial charge in [-0.05, 0) is 36.9 Å². The Hall–Kier alpha value is -1.75. The van der Waals surface area contributed by atoms with Crippen molar-refractivity contribution >= 4 is 28.9 Å². The maximum absolute atomic E-state index is 12.8. The van der Waals surface area contributed by atoms with E-state index in [1.807, 2.05) is 6.92 Å². The van der Waals surface area contributed by atoms with Crippen molar-refractivity contribution in [1.29, 1.82) is 0 Å². The standard InChI is InChI=1S/C16H20ClN3O2/c1-2-5-11(14(18)12-8-9-19-16(17)20-12)15(22)10-6-3-4-7-13(10)21/h8-10H,2-7,18H2,1H3/t10-/m0/s1. The largest absolute Gasteiger partial charge is 0.397 e. The fourth-order valence-electron chi connectivity index (χ4n) is 2.75. The molecule has 6 heteroatoms. The molecule has 0 spiro atoms. The van der Waals surface area contributed by atoms with Crippen molar-refractivity contribution in [2.24, 2.45) is 11.7 Å².